The van der Waals surface area contributed by atoms with Gasteiger partial charge in [-0.2, -0.15) is 0 Å². The molecule has 1 aromatic rings. The molecule has 1 atom stereocenters. The smallest absolute Gasteiger partial charge is 0.0348 e. The summed E-state index contributed by atoms with van der Waals surface area (Å²) in [6, 6.07) is 11.7. The summed E-state index contributed by atoms with van der Waals surface area (Å²) in [7, 11) is 0. The number of benzene rings is 1. The second-order valence-electron chi connectivity index (χ2n) is 5.29. The zero-order chi connectivity index (χ0) is 11.4. The zero-order valence-electron chi connectivity index (χ0n) is 10.5. The van der Waals surface area contributed by atoms with Gasteiger partial charge in [0.25, 0.3) is 0 Å². The molecule has 1 heteroatoms. The summed E-state index contributed by atoms with van der Waals surface area (Å²) in [4.78, 5) is 2.66. The van der Waals surface area contributed by atoms with Crippen molar-refractivity contribution in [3.8, 4) is 0 Å². The van der Waals surface area contributed by atoms with Crippen molar-refractivity contribution in [2.24, 2.45) is 5.92 Å². The van der Waals surface area contributed by atoms with Crippen molar-refractivity contribution in [1.29, 1.82) is 0 Å². The van der Waals surface area contributed by atoms with E-state index >= 15 is 0 Å². The third kappa shape index (κ3) is 2.85. The summed E-state index contributed by atoms with van der Waals surface area (Å²) in [6.07, 6.45) is 4.02. The van der Waals surface area contributed by atoms with E-state index in [-0.39, 0.29) is 0 Å². The Balaban J connectivity index is 1.98. The van der Waals surface area contributed by atoms with Gasteiger partial charge < -0.3 is 0 Å². The second kappa shape index (κ2) is 5.49. The monoisotopic (exact) mass is 217 g/mol. The van der Waals surface area contributed by atoms with Gasteiger partial charge in [-0.3, -0.25) is 4.90 Å². The Morgan fingerprint density at radius 3 is 2.69 bits per heavy atom. The van der Waals surface area contributed by atoms with Crippen LogP contribution in [0.4, 0.5) is 0 Å². The highest BCUT2D eigenvalue weighted by atomic mass is 15.2. The molecule has 0 aliphatic carbocycles. The fraction of sp³-hybridized carbons (Fsp3) is 0.600. The lowest BCUT2D eigenvalue weighted by Crippen LogP contribution is -2.25. The van der Waals surface area contributed by atoms with Gasteiger partial charge in [-0.15, -0.1) is 0 Å². The molecule has 2 rings (SSSR count). The van der Waals surface area contributed by atoms with Crippen LogP contribution in [0, 0.1) is 5.92 Å². The van der Waals surface area contributed by atoms with Crippen LogP contribution in [0.25, 0.3) is 0 Å². The fourth-order valence-electron chi connectivity index (χ4n) is 2.57. The van der Waals surface area contributed by atoms with E-state index in [9.17, 15) is 0 Å². The Hall–Kier alpha value is -0.820. The van der Waals surface area contributed by atoms with Gasteiger partial charge in [0.05, 0.1) is 0 Å². The van der Waals surface area contributed by atoms with Crippen molar-refractivity contribution in [2.75, 3.05) is 13.1 Å². The maximum atomic E-state index is 2.66. The number of hydrogen-bond acceptors (Lipinski definition) is 1. The van der Waals surface area contributed by atoms with E-state index in [1.165, 1.54) is 37.9 Å². The van der Waals surface area contributed by atoms with E-state index in [2.05, 4.69) is 49.1 Å². The SMILES string of the molecule is CC(C)CCN1CCCC1c1ccccc1. The minimum atomic E-state index is 0.681. The summed E-state index contributed by atoms with van der Waals surface area (Å²) >= 11 is 0. The number of likely N-dealkylation sites (tertiary alicyclic amines) is 1. The minimum Gasteiger partial charge on any atom is -0.296 e. The lowest BCUT2D eigenvalue weighted by Gasteiger charge is -2.25. The minimum absolute atomic E-state index is 0.681. The van der Waals surface area contributed by atoms with Gasteiger partial charge in [0, 0.05) is 6.04 Å². The van der Waals surface area contributed by atoms with E-state index < -0.39 is 0 Å². The van der Waals surface area contributed by atoms with Gasteiger partial charge in [-0.25, -0.2) is 0 Å². The standard InChI is InChI=1S/C15H23N/c1-13(2)10-12-16-11-6-9-15(16)14-7-4-3-5-8-14/h3-5,7-8,13,15H,6,9-12H2,1-2H3. The van der Waals surface area contributed by atoms with Crippen LogP contribution in [0.1, 0.15) is 44.7 Å². The van der Waals surface area contributed by atoms with Crippen LogP contribution in [0.15, 0.2) is 30.3 Å². The normalized spacial score (nSPS) is 21.8. The Morgan fingerprint density at radius 1 is 1.25 bits per heavy atom. The molecular weight excluding hydrogens is 194 g/mol. The third-order valence-electron chi connectivity index (χ3n) is 3.54. The second-order valence-corrected chi connectivity index (χ2v) is 5.29. The van der Waals surface area contributed by atoms with Crippen molar-refractivity contribution in [3.05, 3.63) is 35.9 Å². The first-order valence-corrected chi connectivity index (χ1v) is 6.56. The highest BCUT2D eigenvalue weighted by molar-refractivity contribution is 5.19. The molecule has 0 radical (unpaired) electrons. The molecule has 0 saturated carbocycles. The summed E-state index contributed by atoms with van der Waals surface area (Å²) in [5.41, 5.74) is 1.50. The van der Waals surface area contributed by atoms with Crippen LogP contribution in [0.2, 0.25) is 0 Å². The van der Waals surface area contributed by atoms with Crippen molar-refractivity contribution in [3.63, 3.8) is 0 Å². The molecule has 1 nitrogen and oxygen atoms in total. The van der Waals surface area contributed by atoms with Crippen LogP contribution in [0.3, 0.4) is 0 Å². The number of rotatable bonds is 4. The van der Waals surface area contributed by atoms with E-state index in [1.807, 2.05) is 0 Å². The average Bonchev–Trinajstić information content (AvgIpc) is 2.75. The van der Waals surface area contributed by atoms with Crippen molar-refractivity contribution in [1.82, 2.24) is 4.90 Å². The van der Waals surface area contributed by atoms with E-state index in [1.54, 1.807) is 0 Å². The first-order chi connectivity index (χ1) is 7.77. The lowest BCUT2D eigenvalue weighted by atomic mass is 10.0. The molecule has 1 aliphatic rings. The predicted molar refractivity (Wildman–Crippen MR) is 69.4 cm³/mol. The molecule has 1 aromatic carbocycles. The first kappa shape index (κ1) is 11.7. The van der Waals surface area contributed by atoms with E-state index in [0.717, 1.165) is 5.92 Å². The molecule has 1 aliphatic heterocycles. The molecule has 0 bridgehead atoms. The number of nitrogens with zero attached hydrogens (tertiary/aromatic N) is 1. The van der Waals surface area contributed by atoms with Gasteiger partial charge in [0.1, 0.15) is 0 Å². The summed E-state index contributed by atoms with van der Waals surface area (Å²) < 4.78 is 0. The average molecular weight is 217 g/mol. The van der Waals surface area contributed by atoms with Gasteiger partial charge >= 0.3 is 0 Å². The van der Waals surface area contributed by atoms with E-state index in [4.69, 9.17) is 0 Å². The first-order valence-electron chi connectivity index (χ1n) is 6.56. The van der Waals surface area contributed by atoms with Gasteiger partial charge in [0.15, 0.2) is 0 Å². The molecule has 1 saturated heterocycles. The molecule has 88 valence electrons. The van der Waals surface area contributed by atoms with Gasteiger partial charge in [-0.05, 0) is 43.8 Å². The largest absolute Gasteiger partial charge is 0.296 e. The van der Waals surface area contributed by atoms with Gasteiger partial charge in [-0.1, -0.05) is 44.2 Å². The van der Waals surface area contributed by atoms with Crippen LogP contribution in [-0.2, 0) is 0 Å². The van der Waals surface area contributed by atoms with E-state index in [0.29, 0.717) is 6.04 Å². The predicted octanol–water partition coefficient (Wildman–Crippen LogP) is 3.87. The molecule has 0 amide bonds. The molecular formula is C15H23N. The maximum absolute atomic E-state index is 2.66. The highest BCUT2D eigenvalue weighted by Crippen LogP contribution is 2.31. The fourth-order valence-corrected chi connectivity index (χ4v) is 2.57. The summed E-state index contributed by atoms with van der Waals surface area (Å²) in [6.45, 7) is 7.17. The Bertz CT molecular complexity index is 304. The van der Waals surface area contributed by atoms with Crippen LogP contribution < -0.4 is 0 Å². The summed E-state index contributed by atoms with van der Waals surface area (Å²) in [5.74, 6) is 0.817. The Labute approximate surface area is 99.5 Å². The summed E-state index contributed by atoms with van der Waals surface area (Å²) in [5, 5.41) is 0. The molecule has 16 heavy (non-hydrogen) atoms. The Morgan fingerprint density at radius 2 is 2.00 bits per heavy atom. The third-order valence-corrected chi connectivity index (χ3v) is 3.54. The molecule has 0 aromatic heterocycles. The van der Waals surface area contributed by atoms with Crippen molar-refractivity contribution in [2.45, 2.75) is 39.2 Å². The van der Waals surface area contributed by atoms with Crippen molar-refractivity contribution < 1.29 is 0 Å². The molecule has 1 heterocycles. The van der Waals surface area contributed by atoms with Crippen LogP contribution >= 0.6 is 0 Å². The highest BCUT2D eigenvalue weighted by Gasteiger charge is 2.25. The van der Waals surface area contributed by atoms with Crippen LogP contribution in [-0.4, -0.2) is 18.0 Å². The Kier molecular flexibility index (Phi) is 4.00. The topological polar surface area (TPSA) is 3.24 Å². The van der Waals surface area contributed by atoms with Crippen molar-refractivity contribution >= 4 is 0 Å². The quantitative estimate of drug-likeness (QED) is 0.740. The molecule has 0 spiro atoms. The lowest BCUT2D eigenvalue weighted by molar-refractivity contribution is 0.242. The van der Waals surface area contributed by atoms with Gasteiger partial charge in [0.2, 0.25) is 0 Å². The molecule has 1 unspecified atom stereocenters. The maximum Gasteiger partial charge on any atom is 0.0348 e. The van der Waals surface area contributed by atoms with Crippen LogP contribution in [0.5, 0.6) is 0 Å². The zero-order valence-corrected chi connectivity index (χ0v) is 10.5. The molecule has 1 fully saturated rings. The molecule has 0 N–H and O–H groups in total. The number of hydrogen-bond donors (Lipinski definition) is 0.